The van der Waals surface area contributed by atoms with Crippen LogP contribution in [0.4, 0.5) is 36.8 Å². The van der Waals surface area contributed by atoms with Crippen molar-refractivity contribution >= 4 is 17.3 Å². The topological polar surface area (TPSA) is 48.1 Å². The maximum atomic E-state index is 15.0. The number of fused-ring (bicyclic) bond motifs is 1. The Morgan fingerprint density at radius 1 is 1.07 bits per heavy atom. The van der Waals surface area contributed by atoms with Gasteiger partial charge in [-0.15, -0.1) is 0 Å². The molecule has 12 heteroatoms. The molecule has 0 radical (unpaired) electrons. The molecule has 4 heterocycles. The number of nitrogens with zero attached hydrogens (tertiary/aromatic N) is 3. The van der Waals surface area contributed by atoms with E-state index < -0.39 is 36.3 Å². The number of nitrogens with one attached hydrogen (secondary N) is 1. The Kier molecular flexibility index (Phi) is 7.88. The number of urea groups is 1. The van der Waals surface area contributed by atoms with Crippen molar-refractivity contribution in [3.63, 3.8) is 0 Å². The van der Waals surface area contributed by atoms with Crippen LogP contribution >= 0.6 is 0 Å². The van der Waals surface area contributed by atoms with E-state index in [-0.39, 0.29) is 37.2 Å². The lowest BCUT2D eigenvalue weighted by Gasteiger charge is -2.39. The molecule has 2 amide bonds. The second-order valence-electron chi connectivity index (χ2n) is 11.0. The Bertz CT molecular complexity index is 1320. The van der Waals surface area contributed by atoms with Gasteiger partial charge in [0.25, 0.3) is 5.92 Å². The number of rotatable bonds is 5. The number of hydrogen-bond donors (Lipinski definition) is 1. The standard InChI is InChI=1S/C29H32F6N4O2/c1-18-11-23(30)24(36-27(40)38-6-5-19(15-38)14-29(33,34)35)13-22(18)20-12-26(37-7-9-41-10-8-37)25-4-3-21(28(2,31)32)17-39(25)16-20/h4,11-13,16-17,19H,3,5-10,14-15H2,1-2H3,(H,36,40)/t19-/m0/s1. The number of anilines is 1. The Morgan fingerprint density at radius 2 is 1.80 bits per heavy atom. The second kappa shape index (κ2) is 11.1. The van der Waals surface area contributed by atoms with Gasteiger partial charge in [-0.1, -0.05) is 6.08 Å². The summed E-state index contributed by atoms with van der Waals surface area (Å²) in [5, 5.41) is 2.52. The average molecular weight is 583 g/mol. The molecule has 1 aromatic carbocycles. The number of alkyl halides is 5. The number of aryl methyl sites for hydroxylation is 1. The maximum absolute atomic E-state index is 15.0. The second-order valence-corrected chi connectivity index (χ2v) is 11.0. The van der Waals surface area contributed by atoms with Gasteiger partial charge in [0.05, 0.1) is 30.3 Å². The molecule has 0 aliphatic carbocycles. The lowest BCUT2D eigenvalue weighted by molar-refractivity contribution is -0.143. The quantitative estimate of drug-likeness (QED) is 0.396. The lowest BCUT2D eigenvalue weighted by Crippen LogP contribution is -2.39. The van der Waals surface area contributed by atoms with Crippen LogP contribution in [-0.4, -0.2) is 72.2 Å². The smallest absolute Gasteiger partial charge is 0.378 e. The third-order valence-electron chi connectivity index (χ3n) is 7.80. The van der Waals surface area contributed by atoms with Crippen LogP contribution in [0.25, 0.3) is 5.57 Å². The van der Waals surface area contributed by atoms with Crippen molar-refractivity contribution < 1.29 is 35.9 Å². The summed E-state index contributed by atoms with van der Waals surface area (Å²) in [5.74, 6) is -4.39. The lowest BCUT2D eigenvalue weighted by atomic mass is 9.94. The zero-order valence-electron chi connectivity index (χ0n) is 22.8. The zero-order chi connectivity index (χ0) is 29.5. The van der Waals surface area contributed by atoms with Crippen LogP contribution in [0.3, 0.4) is 0 Å². The summed E-state index contributed by atoms with van der Waals surface area (Å²) in [4.78, 5) is 17.9. The van der Waals surface area contributed by atoms with Gasteiger partial charge in [0.15, 0.2) is 0 Å². The van der Waals surface area contributed by atoms with Crippen LogP contribution in [0, 0.1) is 18.7 Å². The first-order valence-corrected chi connectivity index (χ1v) is 13.6. The molecule has 41 heavy (non-hydrogen) atoms. The van der Waals surface area contributed by atoms with Gasteiger partial charge in [0, 0.05) is 63.1 Å². The molecule has 4 aliphatic rings. The van der Waals surface area contributed by atoms with Crippen molar-refractivity contribution in [2.45, 2.75) is 45.2 Å². The Balaban J connectivity index is 1.44. The fraction of sp³-hybridized carbons (Fsp3) is 0.483. The molecule has 0 spiro atoms. The highest BCUT2D eigenvalue weighted by Crippen LogP contribution is 2.40. The molecule has 4 aliphatic heterocycles. The summed E-state index contributed by atoms with van der Waals surface area (Å²) in [5.41, 5.74) is 3.19. The highest BCUT2D eigenvalue weighted by Gasteiger charge is 2.37. The predicted octanol–water partition coefficient (Wildman–Crippen LogP) is 6.64. The van der Waals surface area contributed by atoms with Crippen LogP contribution in [0.5, 0.6) is 0 Å². The van der Waals surface area contributed by atoms with Gasteiger partial charge in [-0.25, -0.2) is 18.0 Å². The molecule has 2 fully saturated rings. The maximum Gasteiger partial charge on any atom is 0.389 e. The molecule has 2 saturated heterocycles. The Morgan fingerprint density at radius 3 is 2.49 bits per heavy atom. The van der Waals surface area contributed by atoms with E-state index >= 15 is 4.39 Å². The predicted molar refractivity (Wildman–Crippen MR) is 142 cm³/mol. The average Bonchev–Trinajstić information content (AvgIpc) is 3.36. The number of ether oxygens (including phenoxy) is 1. The van der Waals surface area contributed by atoms with Crippen LogP contribution < -0.4 is 5.32 Å². The number of carbonyl (C=O) groups excluding carboxylic acids is 1. The first-order valence-electron chi connectivity index (χ1n) is 13.6. The van der Waals surface area contributed by atoms with Crippen LogP contribution in [0.1, 0.15) is 37.3 Å². The summed E-state index contributed by atoms with van der Waals surface area (Å²) in [6.45, 7) is 4.90. The third-order valence-corrected chi connectivity index (χ3v) is 7.80. The Hall–Kier alpha value is -3.41. The fourth-order valence-corrected chi connectivity index (χ4v) is 5.64. The van der Waals surface area contributed by atoms with E-state index in [1.54, 1.807) is 24.1 Å². The molecule has 0 bridgehead atoms. The number of carbonyl (C=O) groups is 1. The number of likely N-dealkylation sites (tertiary alicyclic amines) is 1. The van der Waals surface area contributed by atoms with E-state index in [1.165, 1.54) is 23.2 Å². The summed E-state index contributed by atoms with van der Waals surface area (Å²) in [7, 11) is 0. The minimum atomic E-state index is -4.32. The molecule has 0 saturated carbocycles. The van der Waals surface area contributed by atoms with Crippen molar-refractivity contribution in [3.05, 3.63) is 70.6 Å². The van der Waals surface area contributed by atoms with E-state index in [1.807, 2.05) is 6.08 Å². The number of amides is 2. The molecule has 1 atom stereocenters. The van der Waals surface area contributed by atoms with Gasteiger partial charge in [-0.05, 0) is 55.0 Å². The molecule has 0 aromatic heterocycles. The molecule has 222 valence electrons. The van der Waals surface area contributed by atoms with Crippen molar-refractivity contribution in [1.29, 1.82) is 0 Å². The fourth-order valence-electron chi connectivity index (χ4n) is 5.64. The van der Waals surface area contributed by atoms with Crippen LogP contribution in [0.2, 0.25) is 0 Å². The normalized spacial score (nSPS) is 21.7. The minimum absolute atomic E-state index is 0.0432. The Labute approximate surface area is 234 Å². The first kappa shape index (κ1) is 29.1. The molecule has 1 N–H and O–H groups in total. The van der Waals surface area contributed by atoms with Crippen molar-refractivity contribution in [2.75, 3.05) is 44.7 Å². The molecular weight excluding hydrogens is 550 g/mol. The zero-order valence-corrected chi connectivity index (χ0v) is 22.8. The molecule has 1 aromatic rings. The van der Waals surface area contributed by atoms with E-state index in [0.717, 1.165) is 18.3 Å². The van der Waals surface area contributed by atoms with Gasteiger partial charge >= 0.3 is 12.2 Å². The minimum Gasteiger partial charge on any atom is -0.378 e. The monoisotopic (exact) mass is 582 g/mol. The highest BCUT2D eigenvalue weighted by molar-refractivity contribution is 5.91. The largest absolute Gasteiger partial charge is 0.389 e. The number of allylic oxidation sites excluding steroid dienone is 4. The van der Waals surface area contributed by atoms with Gasteiger partial charge in [-0.2, -0.15) is 13.2 Å². The number of halogens is 6. The summed E-state index contributed by atoms with van der Waals surface area (Å²) >= 11 is 0. The van der Waals surface area contributed by atoms with Crippen molar-refractivity contribution in [2.24, 2.45) is 5.92 Å². The SMILES string of the molecule is Cc1cc(F)c(NC(=O)N2CC[C@@H](CC(F)(F)F)C2)cc1C1=CN2C=C(C(C)(F)F)CC=C2C(N2CCOCC2)=C1. The first-order chi connectivity index (χ1) is 19.3. The van der Waals surface area contributed by atoms with Gasteiger partial charge in [0.2, 0.25) is 0 Å². The number of morpholine rings is 1. The van der Waals surface area contributed by atoms with Crippen molar-refractivity contribution in [3.8, 4) is 0 Å². The molecule has 6 nitrogen and oxygen atoms in total. The van der Waals surface area contributed by atoms with Crippen molar-refractivity contribution in [1.82, 2.24) is 14.7 Å². The molecule has 0 unspecified atom stereocenters. The molecular formula is C29H32F6N4O2. The molecule has 5 rings (SSSR count). The highest BCUT2D eigenvalue weighted by atomic mass is 19.4. The number of benzene rings is 1. The van der Waals surface area contributed by atoms with E-state index in [4.69, 9.17) is 4.74 Å². The van der Waals surface area contributed by atoms with Gasteiger partial charge in [-0.3, -0.25) is 0 Å². The van der Waals surface area contributed by atoms with Gasteiger partial charge in [0.1, 0.15) is 5.82 Å². The summed E-state index contributed by atoms with van der Waals surface area (Å²) in [6.07, 6.45) is 1.85. The number of hydrogen-bond acceptors (Lipinski definition) is 4. The third kappa shape index (κ3) is 6.58. The van der Waals surface area contributed by atoms with E-state index in [0.29, 0.717) is 43.0 Å². The summed E-state index contributed by atoms with van der Waals surface area (Å²) < 4.78 is 87.3. The van der Waals surface area contributed by atoms with Crippen LogP contribution in [0.15, 0.2) is 53.7 Å². The summed E-state index contributed by atoms with van der Waals surface area (Å²) in [6, 6.07) is 2.07. The van der Waals surface area contributed by atoms with E-state index in [9.17, 15) is 26.7 Å². The van der Waals surface area contributed by atoms with E-state index in [2.05, 4.69) is 10.2 Å². The van der Waals surface area contributed by atoms with Gasteiger partial charge < -0.3 is 24.8 Å². The van der Waals surface area contributed by atoms with Crippen LogP contribution in [-0.2, 0) is 4.74 Å².